The molecule has 0 aliphatic carbocycles. The number of likely N-dealkylation sites (N-methyl/N-ethyl adjacent to an activating group) is 1. The lowest BCUT2D eigenvalue weighted by molar-refractivity contribution is -0.385. The average molecular weight is 238 g/mol. The Morgan fingerprint density at radius 3 is 2.76 bits per heavy atom. The third-order valence-electron chi connectivity index (χ3n) is 2.56. The van der Waals surface area contributed by atoms with Crippen molar-refractivity contribution in [1.82, 2.24) is 5.32 Å². The van der Waals surface area contributed by atoms with E-state index in [1.54, 1.807) is 12.1 Å². The van der Waals surface area contributed by atoms with E-state index >= 15 is 0 Å². The second-order valence-corrected chi connectivity index (χ2v) is 3.89. The van der Waals surface area contributed by atoms with Gasteiger partial charge in [-0.1, -0.05) is 6.07 Å². The quantitative estimate of drug-likeness (QED) is 0.609. The van der Waals surface area contributed by atoms with Crippen LogP contribution in [0.3, 0.4) is 0 Å². The Morgan fingerprint density at radius 1 is 1.53 bits per heavy atom. The molecule has 0 bridgehead atoms. The van der Waals surface area contributed by atoms with Gasteiger partial charge in [-0.2, -0.15) is 0 Å². The van der Waals surface area contributed by atoms with Gasteiger partial charge in [0.25, 0.3) is 0 Å². The van der Waals surface area contributed by atoms with Crippen LogP contribution in [0.25, 0.3) is 0 Å². The molecule has 5 nitrogen and oxygen atoms in total. The van der Waals surface area contributed by atoms with E-state index in [9.17, 15) is 10.1 Å². The molecule has 0 aliphatic heterocycles. The highest BCUT2D eigenvalue weighted by Gasteiger charge is 2.15. The summed E-state index contributed by atoms with van der Waals surface area (Å²) in [6.07, 6.45) is 0.814. The highest BCUT2D eigenvalue weighted by atomic mass is 16.6. The van der Waals surface area contributed by atoms with Crippen LogP contribution < -0.4 is 10.1 Å². The van der Waals surface area contributed by atoms with Crippen molar-refractivity contribution in [3.8, 4) is 5.75 Å². The molecule has 0 aliphatic rings. The summed E-state index contributed by atoms with van der Waals surface area (Å²) in [6, 6.07) is 5.35. The van der Waals surface area contributed by atoms with Crippen molar-refractivity contribution in [2.75, 3.05) is 13.7 Å². The molecule has 5 heteroatoms. The maximum absolute atomic E-state index is 10.8. The van der Waals surface area contributed by atoms with Crippen LogP contribution in [0.15, 0.2) is 18.2 Å². The normalized spacial score (nSPS) is 12.2. The van der Waals surface area contributed by atoms with Crippen molar-refractivity contribution in [2.24, 2.45) is 0 Å². The number of benzene rings is 1. The monoisotopic (exact) mass is 238 g/mol. The summed E-state index contributed by atoms with van der Waals surface area (Å²) in [6.45, 7) is 4.29. The Morgan fingerprint density at radius 2 is 2.24 bits per heavy atom. The van der Waals surface area contributed by atoms with E-state index in [2.05, 4.69) is 12.2 Å². The number of nitro benzene ring substituents is 1. The van der Waals surface area contributed by atoms with Gasteiger partial charge in [-0.15, -0.1) is 0 Å². The molecule has 1 aromatic rings. The third-order valence-corrected chi connectivity index (χ3v) is 2.56. The Kier molecular flexibility index (Phi) is 4.90. The van der Waals surface area contributed by atoms with Crippen molar-refractivity contribution in [1.29, 1.82) is 0 Å². The third kappa shape index (κ3) is 3.71. The second-order valence-electron chi connectivity index (χ2n) is 3.89. The van der Waals surface area contributed by atoms with E-state index in [4.69, 9.17) is 4.74 Å². The fraction of sp³-hybridized carbons (Fsp3) is 0.500. The number of hydrogen-bond donors (Lipinski definition) is 1. The second kappa shape index (κ2) is 6.20. The van der Waals surface area contributed by atoms with Gasteiger partial charge in [0.05, 0.1) is 11.5 Å². The fourth-order valence-electron chi connectivity index (χ4n) is 1.56. The van der Waals surface area contributed by atoms with Gasteiger partial charge in [0.1, 0.15) is 0 Å². The molecule has 1 atom stereocenters. The van der Waals surface area contributed by atoms with Crippen LogP contribution in [0.5, 0.6) is 5.75 Å². The van der Waals surface area contributed by atoms with Crippen molar-refractivity contribution < 1.29 is 9.66 Å². The van der Waals surface area contributed by atoms with Gasteiger partial charge in [0.2, 0.25) is 0 Å². The van der Waals surface area contributed by atoms with Crippen LogP contribution in [0.2, 0.25) is 0 Å². The van der Waals surface area contributed by atoms with Gasteiger partial charge in [0, 0.05) is 12.1 Å². The highest BCUT2D eigenvalue weighted by Crippen LogP contribution is 2.28. The summed E-state index contributed by atoms with van der Waals surface area (Å²) in [7, 11) is 1.89. The Bertz CT molecular complexity index is 393. The number of nitro groups is 1. The summed E-state index contributed by atoms with van der Waals surface area (Å²) in [5.74, 6) is 0.346. The molecule has 0 fully saturated rings. The van der Waals surface area contributed by atoms with Crippen molar-refractivity contribution in [2.45, 2.75) is 26.3 Å². The van der Waals surface area contributed by atoms with Crippen LogP contribution in [0.4, 0.5) is 5.69 Å². The molecule has 1 N–H and O–H groups in total. The lowest BCUT2D eigenvalue weighted by Gasteiger charge is -2.11. The number of ether oxygens (including phenoxy) is 1. The molecule has 1 unspecified atom stereocenters. The maximum atomic E-state index is 10.8. The van der Waals surface area contributed by atoms with E-state index in [1.165, 1.54) is 6.07 Å². The molecule has 1 rings (SSSR count). The van der Waals surface area contributed by atoms with Gasteiger partial charge in [-0.05, 0) is 38.9 Å². The van der Waals surface area contributed by atoms with Crippen LogP contribution >= 0.6 is 0 Å². The molecule has 0 amide bonds. The topological polar surface area (TPSA) is 64.4 Å². The highest BCUT2D eigenvalue weighted by molar-refractivity contribution is 5.48. The molecule has 0 spiro atoms. The standard InChI is InChI=1S/C12H18N2O3/c1-4-17-12-8-10(7-9(2)13-3)5-6-11(12)14(15)16/h5-6,8-9,13H,4,7H2,1-3H3. The minimum atomic E-state index is -0.420. The summed E-state index contributed by atoms with van der Waals surface area (Å²) >= 11 is 0. The maximum Gasteiger partial charge on any atom is 0.310 e. The zero-order valence-corrected chi connectivity index (χ0v) is 10.4. The SMILES string of the molecule is CCOc1cc(CC(C)NC)ccc1[N+](=O)[O-]. The van der Waals surface area contributed by atoms with Crippen LogP contribution in [0.1, 0.15) is 19.4 Å². The predicted molar refractivity (Wildman–Crippen MR) is 66.5 cm³/mol. The molecule has 0 aromatic heterocycles. The van der Waals surface area contributed by atoms with E-state index in [0.29, 0.717) is 18.4 Å². The van der Waals surface area contributed by atoms with E-state index in [1.807, 2.05) is 14.0 Å². The first-order valence-corrected chi connectivity index (χ1v) is 5.65. The summed E-state index contributed by atoms with van der Waals surface area (Å²) in [5.41, 5.74) is 1.05. The first-order valence-electron chi connectivity index (χ1n) is 5.65. The van der Waals surface area contributed by atoms with Crippen molar-refractivity contribution >= 4 is 5.69 Å². The van der Waals surface area contributed by atoms with E-state index < -0.39 is 4.92 Å². The number of nitrogens with zero attached hydrogens (tertiary/aromatic N) is 1. The van der Waals surface area contributed by atoms with Gasteiger partial charge >= 0.3 is 5.69 Å². The summed E-state index contributed by atoms with van der Waals surface area (Å²) in [5, 5.41) is 13.9. The van der Waals surface area contributed by atoms with Crippen molar-refractivity contribution in [3.05, 3.63) is 33.9 Å². The zero-order chi connectivity index (χ0) is 12.8. The summed E-state index contributed by atoms with van der Waals surface area (Å²) < 4.78 is 5.29. The number of hydrogen-bond acceptors (Lipinski definition) is 4. The zero-order valence-electron chi connectivity index (χ0n) is 10.4. The molecular weight excluding hydrogens is 220 g/mol. The largest absolute Gasteiger partial charge is 0.487 e. The molecular formula is C12H18N2O3. The first kappa shape index (κ1) is 13.4. The minimum Gasteiger partial charge on any atom is -0.487 e. The van der Waals surface area contributed by atoms with Gasteiger partial charge in [-0.3, -0.25) is 10.1 Å². The predicted octanol–water partition coefficient (Wildman–Crippen LogP) is 2.14. The number of nitrogens with one attached hydrogen (secondary N) is 1. The lowest BCUT2D eigenvalue weighted by atomic mass is 10.1. The Hall–Kier alpha value is -1.62. The molecule has 1 aromatic carbocycles. The minimum absolute atomic E-state index is 0.0210. The van der Waals surface area contributed by atoms with E-state index in [0.717, 1.165) is 12.0 Å². The number of rotatable bonds is 6. The van der Waals surface area contributed by atoms with E-state index in [-0.39, 0.29) is 5.69 Å². The molecule has 94 valence electrons. The molecule has 0 heterocycles. The molecule has 0 saturated heterocycles. The fourth-order valence-corrected chi connectivity index (χ4v) is 1.56. The van der Waals surface area contributed by atoms with Crippen LogP contribution in [0, 0.1) is 10.1 Å². The Labute approximate surface area is 101 Å². The van der Waals surface area contributed by atoms with Gasteiger partial charge in [-0.25, -0.2) is 0 Å². The smallest absolute Gasteiger partial charge is 0.310 e. The van der Waals surface area contributed by atoms with Crippen LogP contribution in [-0.4, -0.2) is 24.6 Å². The molecule has 0 saturated carbocycles. The first-order chi connectivity index (χ1) is 8.08. The molecule has 17 heavy (non-hydrogen) atoms. The van der Waals surface area contributed by atoms with Crippen molar-refractivity contribution in [3.63, 3.8) is 0 Å². The van der Waals surface area contributed by atoms with Gasteiger partial charge in [0.15, 0.2) is 5.75 Å². The Balaban J connectivity index is 2.96. The molecule has 0 radical (unpaired) electrons. The van der Waals surface area contributed by atoms with Crippen LogP contribution in [-0.2, 0) is 6.42 Å². The summed E-state index contributed by atoms with van der Waals surface area (Å²) in [4.78, 5) is 10.4. The average Bonchev–Trinajstić information content (AvgIpc) is 2.29. The van der Waals surface area contributed by atoms with Gasteiger partial charge < -0.3 is 10.1 Å². The lowest BCUT2D eigenvalue weighted by Crippen LogP contribution is -2.23.